The van der Waals surface area contributed by atoms with E-state index in [-0.39, 0.29) is 5.41 Å². The van der Waals surface area contributed by atoms with Crippen LogP contribution < -0.4 is 0 Å². The number of aryl methyl sites for hydroxylation is 2. The Bertz CT molecular complexity index is 364. The zero-order valence-electron chi connectivity index (χ0n) is 14.2. The minimum atomic E-state index is 0.162. The van der Waals surface area contributed by atoms with Crippen LogP contribution in [0.5, 0.6) is 0 Å². The van der Waals surface area contributed by atoms with Crippen LogP contribution in [0, 0.1) is 6.92 Å². The normalized spacial score (nSPS) is 14.4. The fourth-order valence-electron chi connectivity index (χ4n) is 2.77. The molecule has 0 amide bonds. The molecule has 0 saturated heterocycles. The van der Waals surface area contributed by atoms with Crippen LogP contribution in [0.25, 0.3) is 0 Å². The van der Waals surface area contributed by atoms with E-state index in [2.05, 4.69) is 25.9 Å². The minimum absolute atomic E-state index is 0.162. The van der Waals surface area contributed by atoms with Gasteiger partial charge in [-0.05, 0) is 19.8 Å². The third kappa shape index (κ3) is 4.92. The second kappa shape index (κ2) is 8.43. The Morgan fingerprint density at radius 3 is 2.00 bits per heavy atom. The van der Waals surface area contributed by atoms with Gasteiger partial charge in [-0.3, -0.25) is 4.68 Å². The number of rotatable bonds is 10. The minimum Gasteiger partial charge on any atom is -0.253 e. The molecule has 0 fully saturated rings. The average molecular weight is 279 g/mol. The second-order valence-electron chi connectivity index (χ2n) is 6.43. The summed E-state index contributed by atoms with van der Waals surface area (Å²) >= 11 is 0. The van der Waals surface area contributed by atoms with E-state index in [9.17, 15) is 0 Å². The first-order valence-electron chi connectivity index (χ1n) is 8.41. The summed E-state index contributed by atoms with van der Waals surface area (Å²) < 4.78 is 1.92. The van der Waals surface area contributed by atoms with Crippen molar-refractivity contribution in [2.45, 2.75) is 90.9 Å². The zero-order valence-corrected chi connectivity index (χ0v) is 14.2. The van der Waals surface area contributed by atoms with Crippen LogP contribution in [0.1, 0.15) is 90.2 Å². The molecular weight excluding hydrogens is 246 g/mol. The Labute approximate surface area is 125 Å². The first-order valence-corrected chi connectivity index (χ1v) is 8.41. The molecule has 0 aromatic carbocycles. The Morgan fingerprint density at radius 1 is 0.950 bits per heavy atom. The first kappa shape index (κ1) is 17.2. The Morgan fingerprint density at radius 2 is 1.50 bits per heavy atom. The van der Waals surface area contributed by atoms with Gasteiger partial charge in [0.25, 0.3) is 0 Å². The van der Waals surface area contributed by atoms with Gasteiger partial charge < -0.3 is 0 Å². The molecule has 20 heavy (non-hydrogen) atoms. The van der Waals surface area contributed by atoms with E-state index >= 15 is 0 Å². The lowest BCUT2D eigenvalue weighted by molar-refractivity contribution is 0.346. The summed E-state index contributed by atoms with van der Waals surface area (Å²) in [5.74, 6) is 2.08. The van der Waals surface area contributed by atoms with Crippen LogP contribution >= 0.6 is 0 Å². The van der Waals surface area contributed by atoms with Gasteiger partial charge in [0.2, 0.25) is 0 Å². The molecule has 0 bridgehead atoms. The van der Waals surface area contributed by atoms with Crippen molar-refractivity contribution in [2.75, 3.05) is 0 Å². The SMILES string of the molecule is CCCCCCC(C)(CCCCC)c1nc(C)n(C)n1. The predicted molar refractivity (Wildman–Crippen MR) is 86.0 cm³/mol. The molecule has 1 rings (SSSR count). The molecule has 0 aliphatic rings. The summed E-state index contributed by atoms with van der Waals surface area (Å²) in [5, 5.41) is 4.67. The highest BCUT2D eigenvalue weighted by Gasteiger charge is 2.30. The van der Waals surface area contributed by atoms with Crippen molar-refractivity contribution in [2.24, 2.45) is 7.05 Å². The van der Waals surface area contributed by atoms with Gasteiger partial charge in [-0.2, -0.15) is 5.10 Å². The van der Waals surface area contributed by atoms with E-state index in [1.807, 2.05) is 18.7 Å². The van der Waals surface area contributed by atoms with E-state index < -0.39 is 0 Å². The molecule has 0 aliphatic heterocycles. The maximum Gasteiger partial charge on any atom is 0.156 e. The van der Waals surface area contributed by atoms with Crippen LogP contribution in [-0.4, -0.2) is 14.8 Å². The molecule has 1 heterocycles. The molecule has 1 aromatic heterocycles. The fraction of sp³-hybridized carbons (Fsp3) is 0.882. The molecule has 0 N–H and O–H groups in total. The quantitative estimate of drug-likeness (QED) is 0.568. The highest BCUT2D eigenvalue weighted by Crippen LogP contribution is 2.33. The standard InChI is InChI=1S/C17H33N3/c1-6-8-10-12-14-17(4,13-11-9-7-2)16-18-15(3)20(5)19-16/h6-14H2,1-5H3. The maximum absolute atomic E-state index is 4.71. The topological polar surface area (TPSA) is 30.7 Å². The molecule has 1 aromatic rings. The number of hydrogen-bond acceptors (Lipinski definition) is 2. The largest absolute Gasteiger partial charge is 0.253 e. The molecule has 0 radical (unpaired) electrons. The lowest BCUT2D eigenvalue weighted by Crippen LogP contribution is -2.24. The Balaban J connectivity index is 2.71. The predicted octanol–water partition coefficient (Wildman–Crippen LogP) is 4.93. The van der Waals surface area contributed by atoms with Crippen molar-refractivity contribution in [3.8, 4) is 0 Å². The fourth-order valence-corrected chi connectivity index (χ4v) is 2.77. The van der Waals surface area contributed by atoms with Crippen molar-refractivity contribution < 1.29 is 0 Å². The summed E-state index contributed by atoms with van der Waals surface area (Å²) in [4.78, 5) is 4.71. The summed E-state index contributed by atoms with van der Waals surface area (Å²) in [6, 6.07) is 0. The first-order chi connectivity index (χ1) is 9.53. The van der Waals surface area contributed by atoms with Gasteiger partial charge in [-0.1, -0.05) is 65.7 Å². The van der Waals surface area contributed by atoms with Gasteiger partial charge in [-0.25, -0.2) is 4.98 Å². The smallest absolute Gasteiger partial charge is 0.156 e. The summed E-state index contributed by atoms with van der Waals surface area (Å²) in [6.07, 6.45) is 11.6. The zero-order chi connectivity index (χ0) is 15.0. The second-order valence-corrected chi connectivity index (χ2v) is 6.43. The maximum atomic E-state index is 4.71. The summed E-state index contributed by atoms with van der Waals surface area (Å²) in [7, 11) is 2.00. The third-order valence-corrected chi connectivity index (χ3v) is 4.43. The van der Waals surface area contributed by atoms with Crippen LogP contribution in [-0.2, 0) is 12.5 Å². The summed E-state index contributed by atoms with van der Waals surface area (Å²) in [6.45, 7) is 8.94. The van der Waals surface area contributed by atoms with Crippen molar-refractivity contribution >= 4 is 0 Å². The number of aromatic nitrogens is 3. The van der Waals surface area contributed by atoms with Gasteiger partial charge in [0.1, 0.15) is 5.82 Å². The monoisotopic (exact) mass is 279 g/mol. The van der Waals surface area contributed by atoms with Crippen LogP contribution in [0.2, 0.25) is 0 Å². The number of unbranched alkanes of at least 4 members (excludes halogenated alkanes) is 5. The van der Waals surface area contributed by atoms with Crippen molar-refractivity contribution in [1.29, 1.82) is 0 Å². The van der Waals surface area contributed by atoms with E-state index in [0.717, 1.165) is 11.6 Å². The van der Waals surface area contributed by atoms with Crippen LogP contribution in [0.3, 0.4) is 0 Å². The Kier molecular flexibility index (Phi) is 7.25. The highest BCUT2D eigenvalue weighted by atomic mass is 15.3. The molecule has 0 spiro atoms. The molecule has 1 unspecified atom stereocenters. The summed E-state index contributed by atoms with van der Waals surface area (Å²) in [5.41, 5.74) is 0.162. The van der Waals surface area contributed by atoms with Crippen LogP contribution in [0.15, 0.2) is 0 Å². The van der Waals surface area contributed by atoms with Crippen molar-refractivity contribution in [3.05, 3.63) is 11.6 Å². The average Bonchev–Trinajstić information content (AvgIpc) is 2.76. The Hall–Kier alpha value is -0.860. The highest BCUT2D eigenvalue weighted by molar-refractivity contribution is 5.06. The number of nitrogens with zero attached hydrogens (tertiary/aromatic N) is 3. The van der Waals surface area contributed by atoms with Gasteiger partial charge in [0, 0.05) is 12.5 Å². The van der Waals surface area contributed by atoms with Crippen molar-refractivity contribution in [3.63, 3.8) is 0 Å². The lowest BCUT2D eigenvalue weighted by atomic mass is 9.79. The van der Waals surface area contributed by atoms with E-state index in [1.54, 1.807) is 0 Å². The molecule has 1 atom stereocenters. The molecule has 3 heteroatoms. The molecular formula is C17H33N3. The van der Waals surface area contributed by atoms with E-state index in [0.29, 0.717) is 0 Å². The van der Waals surface area contributed by atoms with Crippen LogP contribution in [0.4, 0.5) is 0 Å². The van der Waals surface area contributed by atoms with Gasteiger partial charge in [0.15, 0.2) is 5.82 Å². The molecule has 3 nitrogen and oxygen atoms in total. The third-order valence-electron chi connectivity index (χ3n) is 4.43. The van der Waals surface area contributed by atoms with E-state index in [1.165, 1.54) is 57.8 Å². The van der Waals surface area contributed by atoms with Gasteiger partial charge >= 0.3 is 0 Å². The van der Waals surface area contributed by atoms with Gasteiger partial charge in [0.05, 0.1) is 0 Å². The lowest BCUT2D eigenvalue weighted by Gasteiger charge is -2.26. The molecule has 0 saturated carbocycles. The van der Waals surface area contributed by atoms with Crippen molar-refractivity contribution in [1.82, 2.24) is 14.8 Å². The van der Waals surface area contributed by atoms with E-state index in [4.69, 9.17) is 4.98 Å². The number of hydrogen-bond donors (Lipinski definition) is 0. The molecule has 116 valence electrons. The van der Waals surface area contributed by atoms with Gasteiger partial charge in [-0.15, -0.1) is 0 Å². The molecule has 0 aliphatic carbocycles.